The lowest BCUT2D eigenvalue weighted by atomic mass is 10.2. The van der Waals surface area contributed by atoms with Crippen molar-refractivity contribution >= 4 is 71.9 Å². The van der Waals surface area contributed by atoms with Crippen LogP contribution < -0.4 is 19.6 Å². The van der Waals surface area contributed by atoms with Crippen molar-refractivity contribution < 1.29 is 28.6 Å². The molecule has 0 atom stereocenters. The zero-order valence-corrected chi connectivity index (χ0v) is 25.2. The Morgan fingerprint density at radius 1 is 0.700 bits per heavy atom. The summed E-state index contributed by atoms with van der Waals surface area (Å²) in [6.07, 6.45) is 1.36. The molecule has 0 spiro atoms. The van der Waals surface area contributed by atoms with Crippen LogP contribution in [-0.4, -0.2) is 30.7 Å². The minimum atomic E-state index is -0.652. The lowest BCUT2D eigenvalue weighted by Gasteiger charge is -2.12. The number of halogens is 3. The van der Waals surface area contributed by atoms with Gasteiger partial charge in [-0.3, -0.25) is 4.79 Å². The molecule has 0 radical (unpaired) electrons. The molecule has 0 saturated heterocycles. The van der Waals surface area contributed by atoms with Crippen molar-refractivity contribution in [1.82, 2.24) is 5.43 Å². The van der Waals surface area contributed by atoms with Crippen molar-refractivity contribution in [1.29, 1.82) is 0 Å². The summed E-state index contributed by atoms with van der Waals surface area (Å²) >= 11 is 9.99. The predicted octanol–water partition coefficient (Wildman–Crippen LogP) is 6.94. The lowest BCUT2D eigenvalue weighted by molar-refractivity contribution is -0.123. The highest BCUT2D eigenvalue weighted by Crippen LogP contribution is 2.30. The van der Waals surface area contributed by atoms with Crippen molar-refractivity contribution in [2.24, 2.45) is 5.10 Å². The number of ether oxygens (including phenoxy) is 3. The van der Waals surface area contributed by atoms with Crippen LogP contribution in [0, 0.1) is 0 Å². The van der Waals surface area contributed by atoms with Gasteiger partial charge in [0, 0.05) is 13.4 Å². The molecular formula is C29H19Br3N2O6. The van der Waals surface area contributed by atoms with E-state index < -0.39 is 17.8 Å². The first-order chi connectivity index (χ1) is 19.3. The van der Waals surface area contributed by atoms with Crippen LogP contribution in [0.5, 0.6) is 17.2 Å². The summed E-state index contributed by atoms with van der Waals surface area (Å²) in [5.74, 6) is -1.21. The van der Waals surface area contributed by atoms with E-state index in [1.807, 2.05) is 6.07 Å². The summed E-state index contributed by atoms with van der Waals surface area (Å²) in [7, 11) is 0. The number of hydrogen-bond donors (Lipinski definition) is 1. The van der Waals surface area contributed by atoms with Gasteiger partial charge in [0.05, 0.1) is 17.3 Å². The Balaban J connectivity index is 1.48. The van der Waals surface area contributed by atoms with Crippen LogP contribution in [-0.2, 0) is 4.79 Å². The van der Waals surface area contributed by atoms with E-state index in [0.29, 0.717) is 22.4 Å². The Bertz CT molecular complexity index is 1560. The smallest absolute Gasteiger partial charge is 0.343 e. The fraction of sp³-hybridized carbons (Fsp3) is 0.0345. The van der Waals surface area contributed by atoms with Crippen molar-refractivity contribution in [3.8, 4) is 17.2 Å². The number of carbonyl (C=O) groups excluding carboxylic acids is 3. The van der Waals surface area contributed by atoms with Crippen LogP contribution in [0.3, 0.4) is 0 Å². The van der Waals surface area contributed by atoms with Gasteiger partial charge >= 0.3 is 11.9 Å². The van der Waals surface area contributed by atoms with Gasteiger partial charge in [-0.25, -0.2) is 15.0 Å². The van der Waals surface area contributed by atoms with Crippen LogP contribution in [0.4, 0.5) is 0 Å². The molecule has 0 aliphatic carbocycles. The molecule has 0 unspecified atom stereocenters. The van der Waals surface area contributed by atoms with Crippen molar-refractivity contribution in [2.75, 3.05) is 6.61 Å². The first-order valence-electron chi connectivity index (χ1n) is 11.6. The van der Waals surface area contributed by atoms with E-state index in [-0.39, 0.29) is 18.1 Å². The van der Waals surface area contributed by atoms with E-state index in [9.17, 15) is 14.4 Å². The maximum absolute atomic E-state index is 12.8. The van der Waals surface area contributed by atoms with Crippen LogP contribution in [0.2, 0.25) is 0 Å². The van der Waals surface area contributed by atoms with Gasteiger partial charge in [-0.1, -0.05) is 53.9 Å². The molecule has 11 heteroatoms. The predicted molar refractivity (Wildman–Crippen MR) is 160 cm³/mol. The topological polar surface area (TPSA) is 103 Å². The van der Waals surface area contributed by atoms with E-state index in [0.717, 1.165) is 13.4 Å². The Hall–Kier alpha value is -3.80. The average Bonchev–Trinajstić information content (AvgIpc) is 2.94. The summed E-state index contributed by atoms with van der Waals surface area (Å²) in [5.41, 5.74) is 3.45. The minimum Gasteiger partial charge on any atom is -0.484 e. The third kappa shape index (κ3) is 8.60. The zero-order chi connectivity index (χ0) is 28.5. The number of esters is 2. The van der Waals surface area contributed by atoms with Crippen molar-refractivity contribution in [2.45, 2.75) is 0 Å². The monoisotopic (exact) mass is 728 g/mol. The van der Waals surface area contributed by atoms with Gasteiger partial charge in [-0.2, -0.15) is 5.10 Å². The Kier molecular flexibility index (Phi) is 10.2. The normalized spacial score (nSPS) is 10.7. The molecule has 40 heavy (non-hydrogen) atoms. The molecule has 8 nitrogen and oxygen atoms in total. The number of hydrazone groups is 1. The van der Waals surface area contributed by atoms with E-state index in [2.05, 4.69) is 58.3 Å². The molecule has 0 fully saturated rings. The van der Waals surface area contributed by atoms with E-state index >= 15 is 0 Å². The number of carbonyl (C=O) groups is 3. The summed E-state index contributed by atoms with van der Waals surface area (Å²) in [4.78, 5) is 37.6. The van der Waals surface area contributed by atoms with Crippen LogP contribution >= 0.6 is 47.8 Å². The molecule has 0 aliphatic rings. The molecule has 0 saturated carbocycles. The Morgan fingerprint density at radius 2 is 1.30 bits per heavy atom. The third-order valence-corrected chi connectivity index (χ3v) is 6.65. The maximum Gasteiger partial charge on any atom is 0.343 e. The van der Waals surface area contributed by atoms with E-state index in [1.54, 1.807) is 72.8 Å². The van der Waals surface area contributed by atoms with Crippen LogP contribution in [0.25, 0.3) is 0 Å². The number of nitrogens with zero attached hydrogens (tertiary/aromatic N) is 1. The van der Waals surface area contributed by atoms with Gasteiger partial charge in [-0.15, -0.1) is 0 Å². The summed E-state index contributed by atoms with van der Waals surface area (Å²) < 4.78 is 19.0. The van der Waals surface area contributed by atoms with Crippen molar-refractivity contribution in [3.63, 3.8) is 0 Å². The molecule has 0 aliphatic heterocycles. The largest absolute Gasteiger partial charge is 0.484 e. The summed E-state index contributed by atoms with van der Waals surface area (Å²) in [6.45, 7) is -0.241. The number of benzene rings is 4. The fourth-order valence-corrected chi connectivity index (χ4v) is 4.08. The SMILES string of the molecule is O=C(COc1cccc(Br)c1)N/N=C/c1ccc(OC(=O)c2ccc(Br)cc2)c(OC(=O)c2ccc(Br)cc2)c1. The van der Waals surface area contributed by atoms with Gasteiger partial charge in [0.1, 0.15) is 5.75 Å². The second kappa shape index (κ2) is 14.0. The molecule has 4 aromatic rings. The first-order valence-corrected chi connectivity index (χ1v) is 13.9. The van der Waals surface area contributed by atoms with Crippen LogP contribution in [0.15, 0.2) is 110 Å². The summed E-state index contributed by atoms with van der Waals surface area (Å²) in [6, 6.07) is 24.8. The Labute approximate surface area is 254 Å². The summed E-state index contributed by atoms with van der Waals surface area (Å²) in [5, 5.41) is 3.93. The second-order valence-corrected chi connectivity index (χ2v) is 10.8. The molecule has 4 rings (SSSR count). The standard InChI is InChI=1S/C29H19Br3N2O6/c30-21-9-5-19(6-10-21)28(36)39-25-13-4-18(14-26(25)40-29(37)20-7-11-22(31)12-8-20)16-33-34-27(35)17-38-24-3-1-2-23(32)15-24/h1-16H,17H2,(H,34,35)/b33-16+. The maximum atomic E-state index is 12.8. The van der Waals surface area contributed by atoms with Gasteiger partial charge in [-0.05, 0) is 90.5 Å². The van der Waals surface area contributed by atoms with Gasteiger partial charge in [0.15, 0.2) is 18.1 Å². The van der Waals surface area contributed by atoms with Crippen LogP contribution in [0.1, 0.15) is 26.3 Å². The zero-order valence-electron chi connectivity index (χ0n) is 20.5. The van der Waals surface area contributed by atoms with Gasteiger partial charge in [0.25, 0.3) is 5.91 Å². The highest BCUT2D eigenvalue weighted by Gasteiger charge is 2.17. The third-order valence-electron chi connectivity index (χ3n) is 5.10. The molecule has 202 valence electrons. The molecule has 0 aromatic heterocycles. The van der Waals surface area contributed by atoms with E-state index in [1.165, 1.54) is 18.3 Å². The first kappa shape index (κ1) is 29.2. The molecule has 1 N–H and O–H groups in total. The second-order valence-electron chi connectivity index (χ2n) is 8.04. The molecule has 1 amide bonds. The number of rotatable bonds is 9. The van der Waals surface area contributed by atoms with Gasteiger partial charge in [0.2, 0.25) is 0 Å². The molecule has 0 bridgehead atoms. The molecule has 4 aromatic carbocycles. The number of amides is 1. The number of nitrogens with one attached hydrogen (secondary N) is 1. The molecular weight excluding hydrogens is 712 g/mol. The average molecular weight is 731 g/mol. The fourth-order valence-electron chi connectivity index (χ4n) is 3.18. The van der Waals surface area contributed by atoms with E-state index in [4.69, 9.17) is 14.2 Å². The molecule has 0 heterocycles. The van der Waals surface area contributed by atoms with Gasteiger partial charge < -0.3 is 14.2 Å². The minimum absolute atomic E-state index is 0.00774. The van der Waals surface area contributed by atoms with Crippen molar-refractivity contribution in [3.05, 3.63) is 121 Å². The Morgan fingerprint density at radius 3 is 1.90 bits per heavy atom. The lowest BCUT2D eigenvalue weighted by Crippen LogP contribution is -2.24. The number of hydrogen-bond acceptors (Lipinski definition) is 7. The highest BCUT2D eigenvalue weighted by atomic mass is 79.9. The quantitative estimate of drug-likeness (QED) is 0.0867. The highest BCUT2D eigenvalue weighted by molar-refractivity contribution is 9.11.